The van der Waals surface area contributed by atoms with E-state index in [1.807, 2.05) is 6.07 Å². The number of benzene rings is 2. The molecule has 158 valence electrons. The summed E-state index contributed by atoms with van der Waals surface area (Å²) in [6, 6.07) is 11.9. The van der Waals surface area contributed by atoms with Crippen LogP contribution in [0.4, 0.5) is 5.69 Å². The number of carbonyl (C=O) groups is 1. The molecule has 0 saturated carbocycles. The lowest BCUT2D eigenvalue weighted by Gasteiger charge is -2.16. The number of nitrogens with one attached hydrogen (secondary N) is 1. The molecule has 0 aliphatic rings. The number of ether oxygens (including phenoxy) is 3. The number of rotatable bonds is 8. The maximum atomic E-state index is 12.5. The minimum atomic E-state index is -0.777. The van der Waals surface area contributed by atoms with Crippen LogP contribution in [0.15, 0.2) is 51.7 Å². The van der Waals surface area contributed by atoms with Crippen molar-refractivity contribution in [2.75, 3.05) is 19.5 Å². The predicted octanol–water partition coefficient (Wildman–Crippen LogP) is 4.17. The zero-order valence-electron chi connectivity index (χ0n) is 17.5. The van der Waals surface area contributed by atoms with Crippen molar-refractivity contribution in [3.8, 4) is 17.2 Å². The number of fused-ring (bicyclic) bond motifs is 1. The van der Waals surface area contributed by atoms with Gasteiger partial charge in [0, 0.05) is 29.3 Å². The van der Waals surface area contributed by atoms with E-state index in [0.29, 0.717) is 28.5 Å². The molecular weight excluding hydrogens is 386 g/mol. The van der Waals surface area contributed by atoms with Crippen LogP contribution in [0.1, 0.15) is 25.8 Å². The van der Waals surface area contributed by atoms with Gasteiger partial charge in [0.25, 0.3) is 5.91 Å². The van der Waals surface area contributed by atoms with Crippen LogP contribution in [0.25, 0.3) is 11.0 Å². The quantitative estimate of drug-likeness (QED) is 0.560. The molecule has 1 aromatic heterocycles. The van der Waals surface area contributed by atoms with Crippen molar-refractivity contribution in [1.82, 2.24) is 0 Å². The van der Waals surface area contributed by atoms with Crippen LogP contribution in [-0.2, 0) is 11.2 Å². The topological polar surface area (TPSA) is 87.0 Å². The molecule has 0 radical (unpaired) electrons. The van der Waals surface area contributed by atoms with E-state index in [1.54, 1.807) is 44.4 Å². The molecule has 1 atom stereocenters. The van der Waals surface area contributed by atoms with Crippen LogP contribution in [0.3, 0.4) is 0 Å². The van der Waals surface area contributed by atoms with Crippen molar-refractivity contribution >= 4 is 22.6 Å². The lowest BCUT2D eigenvalue weighted by molar-refractivity contribution is -0.122. The lowest BCUT2D eigenvalue weighted by atomic mass is 10.1. The molecule has 0 saturated heterocycles. The molecule has 7 heteroatoms. The molecule has 3 rings (SSSR count). The molecule has 7 nitrogen and oxygen atoms in total. The van der Waals surface area contributed by atoms with E-state index in [0.717, 1.165) is 23.8 Å². The number of methoxy groups -OCH3 is 2. The minimum absolute atomic E-state index is 0.330. The van der Waals surface area contributed by atoms with E-state index >= 15 is 0 Å². The van der Waals surface area contributed by atoms with Gasteiger partial charge in [0.05, 0.1) is 14.2 Å². The predicted molar refractivity (Wildman–Crippen MR) is 115 cm³/mol. The molecule has 1 heterocycles. The van der Waals surface area contributed by atoms with E-state index in [1.165, 1.54) is 13.2 Å². The van der Waals surface area contributed by atoms with E-state index in [2.05, 4.69) is 12.2 Å². The monoisotopic (exact) mass is 411 g/mol. The molecule has 0 aliphatic heterocycles. The molecular formula is C23H25NO6. The van der Waals surface area contributed by atoms with Gasteiger partial charge in [-0.25, -0.2) is 4.79 Å². The highest BCUT2D eigenvalue weighted by molar-refractivity contribution is 5.94. The number of aryl methyl sites for hydroxylation is 1. The van der Waals surface area contributed by atoms with Gasteiger partial charge in [-0.05, 0) is 43.2 Å². The van der Waals surface area contributed by atoms with E-state index in [4.69, 9.17) is 18.6 Å². The number of hydrogen-bond acceptors (Lipinski definition) is 6. The Labute approximate surface area is 174 Å². The summed E-state index contributed by atoms with van der Waals surface area (Å²) in [5.74, 6) is 1.19. The first-order chi connectivity index (χ1) is 14.4. The standard InChI is InChI=1S/C23H25NO6/c1-5-6-15-11-22(25)30-20-13-17(8-9-18(15)20)29-14(2)23(26)24-16-7-10-19(27-3)21(12-16)28-4/h7-14H,5-6H2,1-4H3,(H,24,26). The van der Waals surface area contributed by atoms with Gasteiger partial charge in [0.15, 0.2) is 17.6 Å². The number of amides is 1. The SMILES string of the molecule is CCCc1cc(=O)oc2cc(OC(C)C(=O)Nc3ccc(OC)c(OC)c3)ccc12. The van der Waals surface area contributed by atoms with Crippen LogP contribution in [0.5, 0.6) is 17.2 Å². The third kappa shape index (κ3) is 4.74. The molecule has 0 bridgehead atoms. The Kier molecular flexibility index (Phi) is 6.61. The first-order valence-corrected chi connectivity index (χ1v) is 9.71. The molecule has 0 spiro atoms. The Morgan fingerprint density at radius 3 is 2.53 bits per heavy atom. The molecule has 0 aliphatic carbocycles. The van der Waals surface area contributed by atoms with Gasteiger partial charge < -0.3 is 23.9 Å². The normalized spacial score (nSPS) is 11.7. The van der Waals surface area contributed by atoms with E-state index in [-0.39, 0.29) is 5.91 Å². The van der Waals surface area contributed by atoms with Crippen molar-refractivity contribution in [2.45, 2.75) is 32.8 Å². The highest BCUT2D eigenvalue weighted by Crippen LogP contribution is 2.30. The fourth-order valence-corrected chi connectivity index (χ4v) is 3.18. The Hall–Kier alpha value is -3.48. The van der Waals surface area contributed by atoms with Crippen LogP contribution in [0.2, 0.25) is 0 Å². The highest BCUT2D eigenvalue weighted by Gasteiger charge is 2.17. The van der Waals surface area contributed by atoms with Gasteiger partial charge in [0.2, 0.25) is 0 Å². The molecule has 1 unspecified atom stereocenters. The smallest absolute Gasteiger partial charge is 0.336 e. The second kappa shape index (κ2) is 9.35. The van der Waals surface area contributed by atoms with Crippen LogP contribution in [-0.4, -0.2) is 26.2 Å². The second-order valence-electron chi connectivity index (χ2n) is 6.82. The van der Waals surface area contributed by atoms with Gasteiger partial charge >= 0.3 is 5.63 Å². The van der Waals surface area contributed by atoms with Crippen LogP contribution >= 0.6 is 0 Å². The summed E-state index contributed by atoms with van der Waals surface area (Å²) >= 11 is 0. The third-order valence-corrected chi connectivity index (χ3v) is 4.65. The average Bonchev–Trinajstić information content (AvgIpc) is 2.73. The summed E-state index contributed by atoms with van der Waals surface area (Å²) in [5.41, 5.74) is 1.54. The summed E-state index contributed by atoms with van der Waals surface area (Å²) in [6.45, 7) is 3.70. The Morgan fingerprint density at radius 1 is 1.07 bits per heavy atom. The average molecular weight is 411 g/mol. The summed E-state index contributed by atoms with van der Waals surface area (Å²) in [6.07, 6.45) is 0.928. The van der Waals surface area contributed by atoms with Gasteiger partial charge in [0.1, 0.15) is 11.3 Å². The molecule has 3 aromatic rings. The zero-order valence-corrected chi connectivity index (χ0v) is 17.5. The van der Waals surface area contributed by atoms with Crippen LogP contribution in [0, 0.1) is 0 Å². The summed E-state index contributed by atoms with van der Waals surface area (Å²) in [7, 11) is 3.07. The minimum Gasteiger partial charge on any atom is -0.493 e. The number of carbonyl (C=O) groups excluding carboxylic acids is 1. The summed E-state index contributed by atoms with van der Waals surface area (Å²) in [5, 5.41) is 3.65. The number of hydrogen-bond donors (Lipinski definition) is 1. The van der Waals surface area contributed by atoms with Gasteiger partial charge in [-0.1, -0.05) is 13.3 Å². The largest absolute Gasteiger partial charge is 0.493 e. The van der Waals surface area contributed by atoms with E-state index in [9.17, 15) is 9.59 Å². The Bertz CT molecular complexity index is 1100. The van der Waals surface area contributed by atoms with Crippen molar-refractivity contribution < 1.29 is 23.4 Å². The molecule has 1 N–H and O–H groups in total. The van der Waals surface area contributed by atoms with Crippen molar-refractivity contribution in [1.29, 1.82) is 0 Å². The van der Waals surface area contributed by atoms with Gasteiger partial charge in [-0.2, -0.15) is 0 Å². The summed E-state index contributed by atoms with van der Waals surface area (Å²) in [4.78, 5) is 24.4. The fourth-order valence-electron chi connectivity index (χ4n) is 3.18. The maximum Gasteiger partial charge on any atom is 0.336 e. The maximum absolute atomic E-state index is 12.5. The Morgan fingerprint density at radius 2 is 1.83 bits per heavy atom. The zero-order chi connectivity index (χ0) is 21.7. The molecule has 1 amide bonds. The molecule has 2 aromatic carbocycles. The van der Waals surface area contributed by atoms with E-state index < -0.39 is 11.7 Å². The fraction of sp³-hybridized carbons (Fsp3) is 0.304. The Balaban J connectivity index is 1.75. The first-order valence-electron chi connectivity index (χ1n) is 9.71. The third-order valence-electron chi connectivity index (χ3n) is 4.65. The van der Waals surface area contributed by atoms with Crippen LogP contribution < -0.4 is 25.2 Å². The lowest BCUT2D eigenvalue weighted by Crippen LogP contribution is -2.30. The highest BCUT2D eigenvalue weighted by atomic mass is 16.5. The summed E-state index contributed by atoms with van der Waals surface area (Å²) < 4.78 is 21.5. The van der Waals surface area contributed by atoms with Crippen molar-refractivity contribution in [3.63, 3.8) is 0 Å². The van der Waals surface area contributed by atoms with Crippen molar-refractivity contribution in [2.24, 2.45) is 0 Å². The van der Waals surface area contributed by atoms with Gasteiger partial charge in [-0.15, -0.1) is 0 Å². The van der Waals surface area contributed by atoms with Crippen molar-refractivity contribution in [3.05, 3.63) is 58.4 Å². The second-order valence-corrected chi connectivity index (χ2v) is 6.82. The number of anilines is 1. The van der Waals surface area contributed by atoms with Gasteiger partial charge in [-0.3, -0.25) is 4.79 Å². The first kappa shape index (κ1) is 21.2. The molecule has 30 heavy (non-hydrogen) atoms. The molecule has 0 fully saturated rings.